The van der Waals surface area contributed by atoms with E-state index >= 15 is 0 Å². The van der Waals surface area contributed by atoms with E-state index in [0.29, 0.717) is 24.0 Å². The highest BCUT2D eigenvalue weighted by Gasteiger charge is 2.33. The molecule has 1 aliphatic rings. The molecule has 30 heavy (non-hydrogen) atoms. The number of benzene rings is 2. The Labute approximate surface area is 176 Å². The standard InChI is InChI=1S/C24H28N4O2/c1-18(2)22(28-17-25-21-11-7-6-10-20(21)23(28)29)24(30)27-14-12-26(13-15-27)16-19-8-4-3-5-9-19/h3-11,17-18,22H,12-16H2,1-2H3/p+1/t22-/m0/s1. The number of amides is 1. The number of aromatic nitrogens is 2. The molecule has 1 N–H and O–H groups in total. The van der Waals surface area contributed by atoms with Crippen molar-refractivity contribution in [3.05, 3.63) is 76.8 Å². The molecule has 1 fully saturated rings. The number of piperazine rings is 1. The highest BCUT2D eigenvalue weighted by Crippen LogP contribution is 2.20. The second-order valence-electron chi connectivity index (χ2n) is 8.40. The fourth-order valence-corrected chi connectivity index (χ4v) is 4.30. The quantitative estimate of drug-likeness (QED) is 0.700. The maximum absolute atomic E-state index is 13.4. The topological polar surface area (TPSA) is 59.6 Å². The predicted molar refractivity (Wildman–Crippen MR) is 117 cm³/mol. The van der Waals surface area contributed by atoms with Crippen molar-refractivity contribution in [2.75, 3.05) is 26.2 Å². The molecule has 0 bridgehead atoms. The lowest BCUT2D eigenvalue weighted by Gasteiger charge is -2.35. The number of quaternary nitrogens is 1. The van der Waals surface area contributed by atoms with Gasteiger partial charge in [0.1, 0.15) is 12.6 Å². The Morgan fingerprint density at radius 3 is 2.40 bits per heavy atom. The van der Waals surface area contributed by atoms with Crippen LogP contribution >= 0.6 is 0 Å². The largest absolute Gasteiger partial charge is 0.330 e. The smallest absolute Gasteiger partial charge is 0.261 e. The van der Waals surface area contributed by atoms with E-state index in [1.807, 2.05) is 43.0 Å². The molecular formula is C24H29N4O2+. The third-order valence-corrected chi connectivity index (χ3v) is 5.95. The van der Waals surface area contributed by atoms with E-state index in [-0.39, 0.29) is 17.4 Å². The number of carbonyl (C=O) groups is 1. The summed E-state index contributed by atoms with van der Waals surface area (Å²) in [7, 11) is 0. The third-order valence-electron chi connectivity index (χ3n) is 5.95. The van der Waals surface area contributed by atoms with Crippen molar-refractivity contribution >= 4 is 16.8 Å². The van der Waals surface area contributed by atoms with Crippen LogP contribution in [0.1, 0.15) is 25.5 Å². The van der Waals surface area contributed by atoms with Gasteiger partial charge in [0.25, 0.3) is 5.56 Å². The van der Waals surface area contributed by atoms with Gasteiger partial charge in [-0.05, 0) is 18.1 Å². The summed E-state index contributed by atoms with van der Waals surface area (Å²) in [5, 5.41) is 0.551. The molecule has 0 unspecified atom stereocenters. The van der Waals surface area contributed by atoms with Crippen LogP contribution in [0.3, 0.4) is 0 Å². The van der Waals surface area contributed by atoms with Gasteiger partial charge in [-0.1, -0.05) is 56.3 Å². The number of hydrogen-bond donors (Lipinski definition) is 1. The molecule has 1 saturated heterocycles. The first kappa shape index (κ1) is 20.3. The van der Waals surface area contributed by atoms with Gasteiger partial charge in [-0.25, -0.2) is 4.98 Å². The normalized spacial score (nSPS) is 16.2. The first-order chi connectivity index (χ1) is 14.5. The minimum Gasteiger partial charge on any atom is -0.330 e. The van der Waals surface area contributed by atoms with Gasteiger partial charge in [0.2, 0.25) is 5.91 Å². The SMILES string of the molecule is CC(C)[C@@H](C(=O)N1CC[NH+](Cc2ccccc2)CC1)n1cnc2ccccc2c1=O. The van der Waals surface area contributed by atoms with Crippen LogP contribution < -0.4 is 10.5 Å². The molecule has 2 heterocycles. The fourth-order valence-electron chi connectivity index (χ4n) is 4.30. The number of para-hydroxylation sites is 1. The van der Waals surface area contributed by atoms with E-state index in [2.05, 4.69) is 29.2 Å². The highest BCUT2D eigenvalue weighted by molar-refractivity contribution is 5.82. The average molecular weight is 406 g/mol. The molecule has 6 heteroatoms. The summed E-state index contributed by atoms with van der Waals surface area (Å²) in [5.41, 5.74) is 1.83. The molecule has 2 aromatic carbocycles. The molecule has 0 saturated carbocycles. The molecule has 0 radical (unpaired) electrons. The Morgan fingerprint density at radius 1 is 1.03 bits per heavy atom. The van der Waals surface area contributed by atoms with Crippen molar-refractivity contribution in [2.45, 2.75) is 26.4 Å². The molecule has 1 amide bonds. The zero-order valence-electron chi connectivity index (χ0n) is 17.6. The highest BCUT2D eigenvalue weighted by atomic mass is 16.2. The minimum absolute atomic E-state index is 0.00661. The van der Waals surface area contributed by atoms with Gasteiger partial charge in [0.15, 0.2) is 0 Å². The van der Waals surface area contributed by atoms with Gasteiger partial charge in [-0.15, -0.1) is 0 Å². The molecule has 6 nitrogen and oxygen atoms in total. The van der Waals surface area contributed by atoms with Crippen molar-refractivity contribution in [1.82, 2.24) is 14.5 Å². The molecule has 0 aliphatic carbocycles. The number of nitrogens with zero attached hydrogens (tertiary/aromatic N) is 3. The Kier molecular flexibility index (Phi) is 5.95. The first-order valence-electron chi connectivity index (χ1n) is 10.7. The van der Waals surface area contributed by atoms with Crippen LogP contribution in [0.4, 0.5) is 0 Å². The lowest BCUT2D eigenvalue weighted by atomic mass is 10.0. The van der Waals surface area contributed by atoms with Crippen molar-refractivity contribution in [1.29, 1.82) is 0 Å². The van der Waals surface area contributed by atoms with Crippen molar-refractivity contribution < 1.29 is 9.69 Å². The summed E-state index contributed by atoms with van der Waals surface area (Å²) in [6.45, 7) is 8.19. The van der Waals surface area contributed by atoms with Crippen LogP contribution in [-0.4, -0.2) is 46.5 Å². The molecule has 0 spiro atoms. The van der Waals surface area contributed by atoms with E-state index in [0.717, 1.165) is 19.6 Å². The Bertz CT molecular complexity index is 1070. The van der Waals surface area contributed by atoms with Crippen LogP contribution in [0.2, 0.25) is 0 Å². The number of carbonyl (C=O) groups excluding carboxylic acids is 1. The molecule has 1 atom stereocenters. The van der Waals surface area contributed by atoms with Gasteiger partial charge in [0, 0.05) is 5.56 Å². The molecule has 1 aromatic heterocycles. The van der Waals surface area contributed by atoms with Crippen LogP contribution in [-0.2, 0) is 11.3 Å². The van der Waals surface area contributed by atoms with Gasteiger partial charge in [0.05, 0.1) is 43.4 Å². The fraction of sp³-hybridized carbons (Fsp3) is 0.375. The number of fused-ring (bicyclic) bond motifs is 1. The van der Waals surface area contributed by atoms with Crippen LogP contribution in [0, 0.1) is 5.92 Å². The Morgan fingerprint density at radius 2 is 1.70 bits per heavy atom. The lowest BCUT2D eigenvalue weighted by molar-refractivity contribution is -0.917. The van der Waals surface area contributed by atoms with E-state index < -0.39 is 6.04 Å². The molecule has 1 aliphatic heterocycles. The van der Waals surface area contributed by atoms with Crippen LogP contribution in [0.15, 0.2) is 65.7 Å². The van der Waals surface area contributed by atoms with Gasteiger partial charge < -0.3 is 9.80 Å². The molecule has 156 valence electrons. The average Bonchev–Trinajstić information content (AvgIpc) is 2.76. The van der Waals surface area contributed by atoms with Gasteiger partial charge >= 0.3 is 0 Å². The van der Waals surface area contributed by atoms with E-state index in [9.17, 15) is 9.59 Å². The van der Waals surface area contributed by atoms with Crippen molar-refractivity contribution in [2.24, 2.45) is 5.92 Å². The second kappa shape index (κ2) is 8.79. The molecular weight excluding hydrogens is 376 g/mol. The Balaban J connectivity index is 1.50. The molecule has 3 aromatic rings. The molecule has 4 rings (SSSR count). The van der Waals surface area contributed by atoms with Crippen LogP contribution in [0.25, 0.3) is 10.9 Å². The van der Waals surface area contributed by atoms with E-state index in [1.54, 1.807) is 6.07 Å². The van der Waals surface area contributed by atoms with Crippen molar-refractivity contribution in [3.8, 4) is 0 Å². The second-order valence-corrected chi connectivity index (χ2v) is 8.40. The summed E-state index contributed by atoms with van der Waals surface area (Å²) in [6, 6.07) is 17.2. The summed E-state index contributed by atoms with van der Waals surface area (Å²) in [6.07, 6.45) is 1.53. The predicted octanol–water partition coefficient (Wildman–Crippen LogP) is 1.52. The number of hydrogen-bond acceptors (Lipinski definition) is 3. The lowest BCUT2D eigenvalue weighted by Crippen LogP contribution is -3.13. The number of rotatable bonds is 5. The minimum atomic E-state index is -0.537. The van der Waals surface area contributed by atoms with Crippen LogP contribution in [0.5, 0.6) is 0 Å². The van der Waals surface area contributed by atoms with Gasteiger partial charge in [-0.3, -0.25) is 14.2 Å². The Hall–Kier alpha value is -2.99. The summed E-state index contributed by atoms with van der Waals surface area (Å²) in [5.74, 6) is 0.01000. The zero-order chi connectivity index (χ0) is 21.1. The summed E-state index contributed by atoms with van der Waals surface area (Å²) >= 11 is 0. The summed E-state index contributed by atoms with van der Waals surface area (Å²) in [4.78, 5) is 34.3. The van der Waals surface area contributed by atoms with Gasteiger partial charge in [-0.2, -0.15) is 0 Å². The third kappa shape index (κ3) is 4.14. The first-order valence-corrected chi connectivity index (χ1v) is 10.7. The maximum Gasteiger partial charge on any atom is 0.261 e. The maximum atomic E-state index is 13.4. The van der Waals surface area contributed by atoms with Crippen molar-refractivity contribution in [3.63, 3.8) is 0 Å². The zero-order valence-corrected chi connectivity index (χ0v) is 17.6. The monoisotopic (exact) mass is 405 g/mol. The van der Waals surface area contributed by atoms with E-state index in [1.165, 1.54) is 21.4 Å². The van der Waals surface area contributed by atoms with E-state index in [4.69, 9.17) is 0 Å². The summed E-state index contributed by atoms with van der Waals surface area (Å²) < 4.78 is 1.53. The number of nitrogens with one attached hydrogen (secondary N) is 1.